The van der Waals surface area contributed by atoms with Crippen LogP contribution in [0.1, 0.15) is 41.6 Å². The van der Waals surface area contributed by atoms with Crippen LogP contribution in [0.25, 0.3) is 0 Å². The van der Waals surface area contributed by atoms with Gasteiger partial charge >= 0.3 is 0 Å². The molecule has 1 amide bonds. The molecule has 110 valence electrons. The maximum Gasteiger partial charge on any atom is 0.251 e. The lowest BCUT2D eigenvalue weighted by atomic mass is 10.0. The molecule has 4 heteroatoms. The molecule has 1 heterocycles. The Balaban J connectivity index is 1.82. The van der Waals surface area contributed by atoms with Gasteiger partial charge in [0.05, 0.1) is 6.10 Å². The largest absolute Gasteiger partial charge is 0.378 e. The van der Waals surface area contributed by atoms with Crippen LogP contribution >= 0.6 is 0 Å². The van der Waals surface area contributed by atoms with Gasteiger partial charge in [-0.3, -0.25) is 4.79 Å². The van der Waals surface area contributed by atoms with E-state index in [2.05, 4.69) is 5.32 Å². The summed E-state index contributed by atoms with van der Waals surface area (Å²) in [6, 6.07) is 7.65. The predicted molar refractivity (Wildman–Crippen MR) is 79.7 cm³/mol. The minimum Gasteiger partial charge on any atom is -0.378 e. The summed E-state index contributed by atoms with van der Waals surface area (Å²) < 4.78 is 5.66. The monoisotopic (exact) mass is 276 g/mol. The minimum atomic E-state index is -0.00939. The summed E-state index contributed by atoms with van der Waals surface area (Å²) in [6.45, 7) is 2.08. The molecule has 0 aliphatic carbocycles. The fraction of sp³-hybridized carbons (Fsp3) is 0.562. The molecule has 1 aliphatic rings. The second-order valence-corrected chi connectivity index (χ2v) is 5.23. The van der Waals surface area contributed by atoms with E-state index in [1.54, 1.807) is 0 Å². The number of benzene rings is 1. The van der Waals surface area contributed by atoms with Crippen molar-refractivity contribution >= 4 is 5.91 Å². The molecule has 1 aromatic carbocycles. The Morgan fingerprint density at radius 2 is 2.20 bits per heavy atom. The number of nitrogens with one attached hydrogen (secondary N) is 1. The van der Waals surface area contributed by atoms with Gasteiger partial charge < -0.3 is 15.8 Å². The smallest absolute Gasteiger partial charge is 0.251 e. The molecular formula is C16H24N2O2. The van der Waals surface area contributed by atoms with Crippen LogP contribution < -0.4 is 11.1 Å². The fourth-order valence-electron chi connectivity index (χ4n) is 2.59. The van der Waals surface area contributed by atoms with E-state index in [0.29, 0.717) is 19.2 Å². The van der Waals surface area contributed by atoms with Gasteiger partial charge in [0.2, 0.25) is 0 Å². The first-order chi connectivity index (χ1) is 9.81. The predicted octanol–water partition coefficient (Wildman–Crippen LogP) is 1.88. The molecule has 1 unspecified atom stereocenters. The van der Waals surface area contributed by atoms with E-state index in [1.807, 2.05) is 24.3 Å². The van der Waals surface area contributed by atoms with Gasteiger partial charge in [0, 0.05) is 18.7 Å². The Kier molecular flexibility index (Phi) is 6.02. The number of rotatable bonds is 6. The van der Waals surface area contributed by atoms with Crippen LogP contribution in [0.15, 0.2) is 24.3 Å². The van der Waals surface area contributed by atoms with Gasteiger partial charge in [0.1, 0.15) is 0 Å². The number of ether oxygens (including phenoxy) is 1. The number of nitrogens with two attached hydrogens (primary N) is 1. The average Bonchev–Trinajstić information content (AvgIpc) is 2.49. The molecule has 1 aromatic rings. The van der Waals surface area contributed by atoms with Gasteiger partial charge in [0.25, 0.3) is 5.91 Å². The van der Waals surface area contributed by atoms with Crippen molar-refractivity contribution in [3.63, 3.8) is 0 Å². The summed E-state index contributed by atoms with van der Waals surface area (Å²) in [6.07, 6.45) is 5.44. The fourth-order valence-corrected chi connectivity index (χ4v) is 2.59. The molecule has 1 atom stereocenters. The number of carbonyl (C=O) groups is 1. The molecule has 0 aromatic heterocycles. The lowest BCUT2D eigenvalue weighted by molar-refractivity contribution is 0.0117. The van der Waals surface area contributed by atoms with Crippen molar-refractivity contribution in [2.75, 3.05) is 19.7 Å². The molecule has 0 saturated carbocycles. The zero-order valence-electron chi connectivity index (χ0n) is 11.9. The number of carbonyl (C=O) groups excluding carboxylic acids is 1. The van der Waals surface area contributed by atoms with Crippen LogP contribution in [0.3, 0.4) is 0 Å². The van der Waals surface area contributed by atoms with Crippen LogP contribution in [0.2, 0.25) is 0 Å². The highest BCUT2D eigenvalue weighted by molar-refractivity contribution is 5.95. The van der Waals surface area contributed by atoms with E-state index in [4.69, 9.17) is 10.5 Å². The summed E-state index contributed by atoms with van der Waals surface area (Å²) in [5, 5.41) is 2.99. The lowest BCUT2D eigenvalue weighted by Crippen LogP contribution is -2.30. The van der Waals surface area contributed by atoms with Crippen molar-refractivity contribution in [1.82, 2.24) is 5.32 Å². The molecular weight excluding hydrogens is 252 g/mol. The lowest BCUT2D eigenvalue weighted by Gasteiger charge is -2.22. The van der Waals surface area contributed by atoms with Crippen LogP contribution in [0, 0.1) is 0 Å². The molecule has 2 rings (SSSR count). The van der Waals surface area contributed by atoms with E-state index in [1.165, 1.54) is 6.42 Å². The Labute approximate surface area is 120 Å². The quantitative estimate of drug-likeness (QED) is 0.834. The topological polar surface area (TPSA) is 64.4 Å². The molecule has 4 nitrogen and oxygen atoms in total. The van der Waals surface area contributed by atoms with Crippen LogP contribution in [0.5, 0.6) is 0 Å². The van der Waals surface area contributed by atoms with Gasteiger partial charge in [-0.15, -0.1) is 0 Å². The van der Waals surface area contributed by atoms with Crippen molar-refractivity contribution in [2.45, 2.75) is 38.2 Å². The van der Waals surface area contributed by atoms with Crippen molar-refractivity contribution in [1.29, 1.82) is 0 Å². The molecule has 0 bridgehead atoms. The molecule has 1 saturated heterocycles. The van der Waals surface area contributed by atoms with Gasteiger partial charge in [-0.25, -0.2) is 0 Å². The van der Waals surface area contributed by atoms with Gasteiger partial charge in [-0.1, -0.05) is 18.2 Å². The maximum absolute atomic E-state index is 12.2. The zero-order valence-corrected chi connectivity index (χ0v) is 11.9. The molecule has 0 radical (unpaired) electrons. The number of hydrogen-bond donors (Lipinski definition) is 2. The summed E-state index contributed by atoms with van der Waals surface area (Å²) in [7, 11) is 0. The van der Waals surface area contributed by atoms with Crippen LogP contribution in [0.4, 0.5) is 0 Å². The summed E-state index contributed by atoms with van der Waals surface area (Å²) in [4.78, 5) is 12.2. The standard InChI is InChI=1S/C16H24N2O2/c17-10-8-13-5-1-2-7-15(13)16(19)18-11-9-14-6-3-4-12-20-14/h1-2,5,7,14H,3-4,6,8-12,17H2,(H,18,19). The Hall–Kier alpha value is -1.39. The second-order valence-electron chi connectivity index (χ2n) is 5.23. The Morgan fingerprint density at radius 1 is 1.35 bits per heavy atom. The van der Waals surface area contributed by atoms with E-state index >= 15 is 0 Å². The highest BCUT2D eigenvalue weighted by Crippen LogP contribution is 2.15. The Morgan fingerprint density at radius 3 is 2.95 bits per heavy atom. The minimum absolute atomic E-state index is 0.00939. The van der Waals surface area contributed by atoms with Crippen molar-refractivity contribution < 1.29 is 9.53 Å². The molecule has 20 heavy (non-hydrogen) atoms. The van der Waals surface area contributed by atoms with Gasteiger partial charge in [-0.05, 0) is 50.3 Å². The third kappa shape index (κ3) is 4.32. The van der Waals surface area contributed by atoms with Crippen LogP contribution in [-0.4, -0.2) is 31.7 Å². The molecule has 3 N–H and O–H groups in total. The first-order valence-corrected chi connectivity index (χ1v) is 7.49. The van der Waals surface area contributed by atoms with E-state index in [9.17, 15) is 4.79 Å². The van der Waals surface area contributed by atoms with Crippen LogP contribution in [-0.2, 0) is 11.2 Å². The van der Waals surface area contributed by atoms with Crippen molar-refractivity contribution in [3.8, 4) is 0 Å². The van der Waals surface area contributed by atoms with Gasteiger partial charge in [0.15, 0.2) is 0 Å². The van der Waals surface area contributed by atoms with Crippen molar-refractivity contribution in [3.05, 3.63) is 35.4 Å². The summed E-state index contributed by atoms with van der Waals surface area (Å²) >= 11 is 0. The zero-order chi connectivity index (χ0) is 14.2. The molecule has 1 fully saturated rings. The highest BCUT2D eigenvalue weighted by atomic mass is 16.5. The number of amides is 1. The normalized spacial score (nSPS) is 18.8. The SMILES string of the molecule is NCCc1ccccc1C(=O)NCCC1CCCCO1. The summed E-state index contributed by atoms with van der Waals surface area (Å²) in [5.74, 6) is -0.00939. The Bertz CT molecular complexity index is 428. The first-order valence-electron chi connectivity index (χ1n) is 7.49. The summed E-state index contributed by atoms with van der Waals surface area (Å²) in [5.41, 5.74) is 7.33. The molecule has 1 aliphatic heterocycles. The average molecular weight is 276 g/mol. The third-order valence-electron chi connectivity index (χ3n) is 3.70. The van der Waals surface area contributed by atoms with E-state index in [0.717, 1.165) is 43.4 Å². The van der Waals surface area contributed by atoms with E-state index in [-0.39, 0.29) is 5.91 Å². The van der Waals surface area contributed by atoms with Crippen molar-refractivity contribution in [2.24, 2.45) is 5.73 Å². The maximum atomic E-state index is 12.2. The number of hydrogen-bond acceptors (Lipinski definition) is 3. The second kappa shape index (κ2) is 8.02. The third-order valence-corrected chi connectivity index (χ3v) is 3.70. The first kappa shape index (κ1) is 15.0. The highest BCUT2D eigenvalue weighted by Gasteiger charge is 2.15. The molecule has 0 spiro atoms. The van der Waals surface area contributed by atoms with E-state index < -0.39 is 0 Å². The van der Waals surface area contributed by atoms with Gasteiger partial charge in [-0.2, -0.15) is 0 Å².